The Bertz CT molecular complexity index is 839. The van der Waals surface area contributed by atoms with Crippen LogP contribution in [0.5, 0.6) is 5.75 Å². The first-order valence-electron chi connectivity index (χ1n) is 8.36. The van der Waals surface area contributed by atoms with Crippen molar-refractivity contribution in [3.05, 3.63) is 70.2 Å². The Morgan fingerprint density at radius 2 is 1.63 bits per heavy atom. The molecule has 0 aliphatic heterocycles. The summed E-state index contributed by atoms with van der Waals surface area (Å²) in [7, 11) is 0. The predicted octanol–water partition coefficient (Wildman–Crippen LogP) is 4.60. The Balaban J connectivity index is 1.95. The minimum Gasteiger partial charge on any atom is -0.480 e. The number of esters is 1. The summed E-state index contributed by atoms with van der Waals surface area (Å²) in [5, 5.41) is 9.13. The van der Waals surface area contributed by atoms with Crippen molar-refractivity contribution in [1.29, 1.82) is 0 Å². The lowest BCUT2D eigenvalue weighted by Gasteiger charge is -2.10. The number of carbonyl (C=O) groups excluding carboxylic acids is 1. The van der Waals surface area contributed by atoms with E-state index in [0.717, 1.165) is 15.6 Å². The van der Waals surface area contributed by atoms with E-state index in [1.165, 1.54) is 12.3 Å². The smallest absolute Gasteiger partial charge is 0.336 e. The first kappa shape index (κ1) is 20.6. The standard InChI is InChI=1S/C21H20BrNO4/c1-14(2)20(21(25)26)23-13-16-5-10-18(11-6-16)27-19(24)12-7-15-3-8-17(22)9-4-15/h3-14,20H,1-2H3,(H,25,26)/b12-7+,23-13+. The molecule has 0 spiro atoms. The Morgan fingerprint density at radius 1 is 1.04 bits per heavy atom. The number of aliphatic carboxylic acids is 1. The van der Waals surface area contributed by atoms with Crippen LogP contribution < -0.4 is 4.74 Å². The van der Waals surface area contributed by atoms with Crippen LogP contribution in [-0.2, 0) is 9.59 Å². The number of carboxylic acids is 1. The molecule has 140 valence electrons. The van der Waals surface area contributed by atoms with Crippen LogP contribution in [0.15, 0.2) is 64.1 Å². The molecule has 0 heterocycles. The normalized spacial score (nSPS) is 12.6. The van der Waals surface area contributed by atoms with Crippen LogP contribution in [-0.4, -0.2) is 29.3 Å². The SMILES string of the molecule is CC(C)C(/N=C/c1ccc(OC(=O)/C=C/c2ccc(Br)cc2)cc1)C(=O)O. The van der Waals surface area contributed by atoms with Gasteiger partial charge in [0.2, 0.25) is 0 Å². The van der Waals surface area contributed by atoms with Crippen molar-refractivity contribution in [2.45, 2.75) is 19.9 Å². The summed E-state index contributed by atoms with van der Waals surface area (Å²) in [5.74, 6) is -1.14. The molecule has 0 bridgehead atoms. The third kappa shape index (κ3) is 6.83. The first-order valence-corrected chi connectivity index (χ1v) is 9.16. The lowest BCUT2D eigenvalue weighted by atomic mass is 10.1. The van der Waals surface area contributed by atoms with Crippen LogP contribution in [0, 0.1) is 5.92 Å². The van der Waals surface area contributed by atoms with Crippen LogP contribution >= 0.6 is 15.9 Å². The molecule has 2 rings (SSSR count). The number of carbonyl (C=O) groups is 2. The van der Waals surface area contributed by atoms with E-state index in [9.17, 15) is 9.59 Å². The van der Waals surface area contributed by atoms with E-state index < -0.39 is 18.0 Å². The highest BCUT2D eigenvalue weighted by Crippen LogP contribution is 2.14. The van der Waals surface area contributed by atoms with E-state index in [1.807, 2.05) is 24.3 Å². The molecule has 6 heteroatoms. The van der Waals surface area contributed by atoms with Gasteiger partial charge in [0.15, 0.2) is 0 Å². The van der Waals surface area contributed by atoms with Gasteiger partial charge >= 0.3 is 11.9 Å². The van der Waals surface area contributed by atoms with Crippen LogP contribution in [0.25, 0.3) is 6.08 Å². The van der Waals surface area contributed by atoms with Gasteiger partial charge in [0.25, 0.3) is 0 Å². The van der Waals surface area contributed by atoms with Gasteiger partial charge in [0.1, 0.15) is 11.8 Å². The molecule has 27 heavy (non-hydrogen) atoms. The molecule has 1 N–H and O–H groups in total. The second-order valence-corrected chi connectivity index (χ2v) is 7.10. The monoisotopic (exact) mass is 429 g/mol. The maximum absolute atomic E-state index is 11.9. The Hall–Kier alpha value is -2.73. The molecule has 0 saturated heterocycles. The van der Waals surface area contributed by atoms with Gasteiger partial charge in [0, 0.05) is 16.8 Å². The van der Waals surface area contributed by atoms with Crippen molar-refractivity contribution < 1.29 is 19.4 Å². The number of hydrogen-bond acceptors (Lipinski definition) is 4. The molecular weight excluding hydrogens is 410 g/mol. The Kier molecular flexibility index (Phi) is 7.49. The molecule has 5 nitrogen and oxygen atoms in total. The second-order valence-electron chi connectivity index (χ2n) is 6.18. The average molecular weight is 430 g/mol. The van der Waals surface area contributed by atoms with Crippen LogP contribution in [0.1, 0.15) is 25.0 Å². The topological polar surface area (TPSA) is 76.0 Å². The quantitative estimate of drug-likeness (QED) is 0.302. The molecule has 0 fully saturated rings. The zero-order valence-electron chi connectivity index (χ0n) is 15.0. The molecule has 0 aliphatic carbocycles. The van der Waals surface area contributed by atoms with E-state index in [4.69, 9.17) is 9.84 Å². The number of nitrogens with zero attached hydrogens (tertiary/aromatic N) is 1. The maximum Gasteiger partial charge on any atom is 0.336 e. The summed E-state index contributed by atoms with van der Waals surface area (Å²) in [6.45, 7) is 3.61. The van der Waals surface area contributed by atoms with Gasteiger partial charge in [-0.1, -0.05) is 41.9 Å². The molecule has 0 amide bonds. The summed E-state index contributed by atoms with van der Waals surface area (Å²) in [4.78, 5) is 27.1. The largest absolute Gasteiger partial charge is 0.480 e. The fourth-order valence-corrected chi connectivity index (χ4v) is 2.46. The highest BCUT2D eigenvalue weighted by molar-refractivity contribution is 9.10. The van der Waals surface area contributed by atoms with E-state index in [-0.39, 0.29) is 5.92 Å². The second kappa shape index (κ2) is 9.83. The minimum absolute atomic E-state index is 0.100. The van der Waals surface area contributed by atoms with Crippen LogP contribution in [0.4, 0.5) is 0 Å². The zero-order chi connectivity index (χ0) is 19.8. The molecule has 1 unspecified atom stereocenters. The first-order chi connectivity index (χ1) is 12.8. The van der Waals surface area contributed by atoms with Gasteiger partial charge in [-0.15, -0.1) is 0 Å². The molecule has 2 aromatic rings. The van der Waals surface area contributed by atoms with Gasteiger partial charge in [-0.25, -0.2) is 9.59 Å². The summed E-state index contributed by atoms with van der Waals surface area (Å²) in [5.41, 5.74) is 1.62. The summed E-state index contributed by atoms with van der Waals surface area (Å²) in [6, 6.07) is 13.4. The third-order valence-corrected chi connectivity index (χ3v) is 4.18. The van der Waals surface area contributed by atoms with E-state index in [1.54, 1.807) is 44.2 Å². The van der Waals surface area contributed by atoms with Crippen molar-refractivity contribution in [2.75, 3.05) is 0 Å². The zero-order valence-corrected chi connectivity index (χ0v) is 16.6. The number of aliphatic imine (C=N–C) groups is 1. The average Bonchev–Trinajstić information content (AvgIpc) is 2.62. The number of ether oxygens (including phenoxy) is 1. The third-order valence-electron chi connectivity index (χ3n) is 3.65. The van der Waals surface area contributed by atoms with Crippen molar-refractivity contribution in [3.8, 4) is 5.75 Å². The van der Waals surface area contributed by atoms with Gasteiger partial charge in [0.05, 0.1) is 0 Å². The van der Waals surface area contributed by atoms with Gasteiger partial charge in [-0.05, 0) is 59.5 Å². The molecule has 0 aromatic heterocycles. The fraction of sp³-hybridized carbons (Fsp3) is 0.190. The minimum atomic E-state index is -0.954. The van der Waals surface area contributed by atoms with Crippen LogP contribution in [0.3, 0.4) is 0 Å². The van der Waals surface area contributed by atoms with Crippen molar-refractivity contribution in [1.82, 2.24) is 0 Å². The Labute approximate surface area is 166 Å². The van der Waals surface area contributed by atoms with E-state index in [0.29, 0.717) is 5.75 Å². The lowest BCUT2D eigenvalue weighted by Crippen LogP contribution is -2.24. The molecule has 0 saturated carbocycles. The van der Waals surface area contributed by atoms with E-state index in [2.05, 4.69) is 20.9 Å². The van der Waals surface area contributed by atoms with E-state index >= 15 is 0 Å². The lowest BCUT2D eigenvalue weighted by molar-refractivity contribution is -0.139. The molecule has 0 aliphatic rings. The summed E-state index contributed by atoms with van der Waals surface area (Å²) >= 11 is 3.35. The highest BCUT2D eigenvalue weighted by Gasteiger charge is 2.19. The maximum atomic E-state index is 11.9. The number of carboxylic acid groups (broad SMARTS) is 1. The summed E-state index contributed by atoms with van der Waals surface area (Å²) < 4.78 is 6.21. The van der Waals surface area contributed by atoms with Crippen LogP contribution in [0.2, 0.25) is 0 Å². The highest BCUT2D eigenvalue weighted by atomic mass is 79.9. The van der Waals surface area contributed by atoms with Crippen molar-refractivity contribution in [3.63, 3.8) is 0 Å². The number of hydrogen-bond donors (Lipinski definition) is 1. The number of rotatable bonds is 7. The fourth-order valence-electron chi connectivity index (χ4n) is 2.20. The number of benzene rings is 2. The molecule has 2 aromatic carbocycles. The summed E-state index contributed by atoms with van der Waals surface area (Å²) in [6.07, 6.45) is 4.55. The predicted molar refractivity (Wildman–Crippen MR) is 109 cm³/mol. The molecular formula is C21H20BrNO4. The van der Waals surface area contributed by atoms with Gasteiger partial charge < -0.3 is 9.84 Å². The van der Waals surface area contributed by atoms with Crippen molar-refractivity contribution >= 4 is 40.2 Å². The Morgan fingerprint density at radius 3 is 2.19 bits per heavy atom. The number of halogens is 1. The van der Waals surface area contributed by atoms with Gasteiger partial charge in [-0.3, -0.25) is 4.99 Å². The molecule has 1 atom stereocenters. The van der Waals surface area contributed by atoms with Crippen molar-refractivity contribution in [2.24, 2.45) is 10.9 Å². The van der Waals surface area contributed by atoms with Gasteiger partial charge in [-0.2, -0.15) is 0 Å². The molecule has 0 radical (unpaired) electrons.